The molecule has 0 spiro atoms. The van der Waals surface area contributed by atoms with Crippen molar-refractivity contribution in [1.82, 2.24) is 14.7 Å². The molecule has 0 bridgehead atoms. The zero-order chi connectivity index (χ0) is 20.7. The lowest BCUT2D eigenvalue weighted by Crippen LogP contribution is -2.49. The van der Waals surface area contributed by atoms with Crippen molar-refractivity contribution >= 4 is 51.7 Å². The molecule has 1 atom stereocenters. The minimum absolute atomic E-state index is 0.236. The van der Waals surface area contributed by atoms with Gasteiger partial charge in [0.1, 0.15) is 5.84 Å². The molecule has 0 amide bonds. The molecule has 1 aromatic carbocycles. The van der Waals surface area contributed by atoms with Crippen LogP contribution in [0, 0.1) is 6.92 Å². The molecule has 1 unspecified atom stereocenters. The second-order valence-electron chi connectivity index (χ2n) is 7.35. The number of nitrogen functional groups attached to an aromatic ring is 1. The number of fused-ring (bicyclic) bond motifs is 1. The van der Waals surface area contributed by atoms with Gasteiger partial charge >= 0.3 is 0 Å². The maximum atomic E-state index is 6.56. The van der Waals surface area contributed by atoms with Crippen LogP contribution >= 0.6 is 23.2 Å². The predicted molar refractivity (Wildman–Crippen MR) is 121 cm³/mol. The highest BCUT2D eigenvalue weighted by atomic mass is 35.5. The van der Waals surface area contributed by atoms with Crippen LogP contribution in [0.2, 0.25) is 10.0 Å². The van der Waals surface area contributed by atoms with Crippen molar-refractivity contribution < 1.29 is 0 Å². The number of nitrogens with two attached hydrogens (primary N) is 2. The number of amidine groups is 1. The van der Waals surface area contributed by atoms with E-state index in [2.05, 4.69) is 27.1 Å². The van der Waals surface area contributed by atoms with E-state index in [1.165, 1.54) is 0 Å². The third-order valence-corrected chi connectivity index (χ3v) is 5.53. The van der Waals surface area contributed by atoms with Crippen molar-refractivity contribution in [2.24, 2.45) is 10.7 Å². The summed E-state index contributed by atoms with van der Waals surface area (Å²) in [5.41, 5.74) is 16.7. The Balaban J connectivity index is 1.68. The summed E-state index contributed by atoms with van der Waals surface area (Å²) in [7, 11) is 0. The van der Waals surface area contributed by atoms with Gasteiger partial charge in [-0.25, -0.2) is 9.98 Å². The van der Waals surface area contributed by atoms with E-state index in [4.69, 9.17) is 34.7 Å². The highest BCUT2D eigenvalue weighted by Crippen LogP contribution is 2.31. The molecule has 3 heterocycles. The summed E-state index contributed by atoms with van der Waals surface area (Å²) in [6.07, 6.45) is 3.69. The SMILES string of the molecule is Cc1cn2cc(N=C(N)c3c(N)cc(N4CCNC(C)C4)cc3Cl)cc(Cl)c2n1. The fraction of sp³-hybridized carbons (Fsp3) is 0.300. The highest BCUT2D eigenvalue weighted by molar-refractivity contribution is 6.35. The van der Waals surface area contributed by atoms with Crippen LogP contribution in [-0.2, 0) is 0 Å². The monoisotopic (exact) mass is 431 g/mol. The van der Waals surface area contributed by atoms with Gasteiger partial charge < -0.3 is 26.1 Å². The maximum Gasteiger partial charge on any atom is 0.155 e. The summed E-state index contributed by atoms with van der Waals surface area (Å²) in [4.78, 5) is 11.1. The van der Waals surface area contributed by atoms with E-state index in [0.29, 0.717) is 38.7 Å². The minimum Gasteiger partial charge on any atom is -0.398 e. The first kappa shape index (κ1) is 19.8. The molecule has 1 aliphatic heterocycles. The van der Waals surface area contributed by atoms with Crippen molar-refractivity contribution in [1.29, 1.82) is 0 Å². The summed E-state index contributed by atoms with van der Waals surface area (Å²) in [6.45, 7) is 6.76. The molecule has 4 rings (SSSR count). The quantitative estimate of drug-likeness (QED) is 0.335. The van der Waals surface area contributed by atoms with Crippen LogP contribution in [0.1, 0.15) is 18.2 Å². The summed E-state index contributed by atoms with van der Waals surface area (Å²) in [5.74, 6) is 0.236. The Bertz CT molecular complexity index is 1080. The van der Waals surface area contributed by atoms with Gasteiger partial charge in [-0.15, -0.1) is 0 Å². The van der Waals surface area contributed by atoms with E-state index in [0.717, 1.165) is 31.0 Å². The number of nitrogens with one attached hydrogen (secondary N) is 1. The van der Waals surface area contributed by atoms with E-state index < -0.39 is 0 Å². The number of hydrogen-bond acceptors (Lipinski definition) is 5. The standard InChI is InChI=1S/C20H23Cl2N7/c1-11-8-28(4-3-25-11)14-6-15(21)18(17(23)7-14)19(24)27-13-5-16(22)20-26-12(2)9-29(20)10-13/h5-7,9-11,25H,3-4,8,23H2,1-2H3,(H2,24,27). The van der Waals surface area contributed by atoms with Crippen LogP contribution in [-0.4, -0.2) is 40.9 Å². The first-order valence-electron chi connectivity index (χ1n) is 9.38. The molecule has 9 heteroatoms. The third-order valence-electron chi connectivity index (χ3n) is 4.96. The van der Waals surface area contributed by atoms with Crippen LogP contribution in [0.3, 0.4) is 0 Å². The second-order valence-corrected chi connectivity index (χ2v) is 8.16. The topological polar surface area (TPSA) is 97.0 Å². The Morgan fingerprint density at radius 1 is 1.24 bits per heavy atom. The van der Waals surface area contributed by atoms with Gasteiger partial charge in [0.15, 0.2) is 5.65 Å². The molecule has 29 heavy (non-hydrogen) atoms. The summed E-state index contributed by atoms with van der Waals surface area (Å²) >= 11 is 12.9. The summed E-state index contributed by atoms with van der Waals surface area (Å²) in [6, 6.07) is 5.91. The number of aryl methyl sites for hydroxylation is 1. The van der Waals surface area contributed by atoms with Crippen LogP contribution in [0.5, 0.6) is 0 Å². The molecule has 7 nitrogen and oxygen atoms in total. The number of aliphatic imine (C=N–C) groups is 1. The van der Waals surface area contributed by atoms with E-state index in [9.17, 15) is 0 Å². The fourth-order valence-corrected chi connectivity index (χ4v) is 4.22. The Morgan fingerprint density at radius 3 is 2.76 bits per heavy atom. The number of halogens is 2. The average molecular weight is 432 g/mol. The number of pyridine rings is 1. The first-order chi connectivity index (χ1) is 13.8. The predicted octanol–water partition coefficient (Wildman–Crippen LogP) is 3.37. The zero-order valence-electron chi connectivity index (χ0n) is 16.3. The fourth-order valence-electron chi connectivity index (χ4n) is 3.65. The largest absolute Gasteiger partial charge is 0.398 e. The lowest BCUT2D eigenvalue weighted by Gasteiger charge is -2.34. The molecule has 2 aromatic heterocycles. The van der Waals surface area contributed by atoms with Gasteiger partial charge in [-0.1, -0.05) is 23.2 Å². The number of imidazole rings is 1. The first-order valence-corrected chi connectivity index (χ1v) is 10.1. The molecule has 1 aliphatic rings. The Labute approximate surface area is 179 Å². The third kappa shape index (κ3) is 3.99. The highest BCUT2D eigenvalue weighted by Gasteiger charge is 2.19. The number of nitrogens with zero attached hydrogens (tertiary/aromatic N) is 4. The molecule has 152 valence electrons. The number of piperazine rings is 1. The van der Waals surface area contributed by atoms with Gasteiger partial charge in [0.05, 0.1) is 27.0 Å². The number of hydrogen-bond donors (Lipinski definition) is 3. The zero-order valence-corrected chi connectivity index (χ0v) is 17.8. The number of rotatable bonds is 3. The number of anilines is 2. The van der Waals surface area contributed by atoms with Gasteiger partial charge in [0.25, 0.3) is 0 Å². The maximum absolute atomic E-state index is 6.56. The van der Waals surface area contributed by atoms with Gasteiger partial charge in [-0.3, -0.25) is 0 Å². The van der Waals surface area contributed by atoms with Crippen molar-refractivity contribution in [2.45, 2.75) is 19.9 Å². The number of benzene rings is 1. The average Bonchev–Trinajstić information content (AvgIpc) is 3.02. The van der Waals surface area contributed by atoms with E-state index >= 15 is 0 Å². The molecule has 1 saturated heterocycles. The minimum atomic E-state index is 0.236. The molecule has 0 saturated carbocycles. The van der Waals surface area contributed by atoms with Crippen molar-refractivity contribution in [2.75, 3.05) is 30.3 Å². The lowest BCUT2D eigenvalue weighted by molar-refractivity contribution is 0.485. The lowest BCUT2D eigenvalue weighted by atomic mass is 10.1. The van der Waals surface area contributed by atoms with Crippen molar-refractivity contribution in [3.63, 3.8) is 0 Å². The van der Waals surface area contributed by atoms with Crippen molar-refractivity contribution in [3.05, 3.63) is 51.9 Å². The summed E-state index contributed by atoms with van der Waals surface area (Å²) < 4.78 is 1.82. The Kier molecular flexibility index (Phi) is 5.29. The molecular weight excluding hydrogens is 409 g/mol. The van der Waals surface area contributed by atoms with Crippen molar-refractivity contribution in [3.8, 4) is 0 Å². The van der Waals surface area contributed by atoms with Gasteiger partial charge in [-0.2, -0.15) is 0 Å². The van der Waals surface area contributed by atoms with E-state index in [-0.39, 0.29) is 5.84 Å². The Hall–Kier alpha value is -2.48. The van der Waals surface area contributed by atoms with Crippen LogP contribution in [0.25, 0.3) is 5.65 Å². The van der Waals surface area contributed by atoms with E-state index in [1.807, 2.05) is 35.9 Å². The number of aromatic nitrogens is 2. The van der Waals surface area contributed by atoms with Gasteiger partial charge in [-0.05, 0) is 32.0 Å². The normalized spacial score (nSPS) is 17.9. The second kappa shape index (κ2) is 7.74. The molecule has 3 aromatic rings. The molecule has 0 radical (unpaired) electrons. The Morgan fingerprint density at radius 2 is 2.03 bits per heavy atom. The molecule has 1 fully saturated rings. The van der Waals surface area contributed by atoms with Crippen LogP contribution < -0.4 is 21.7 Å². The van der Waals surface area contributed by atoms with Crippen LogP contribution in [0.4, 0.5) is 17.1 Å². The van der Waals surface area contributed by atoms with Gasteiger partial charge in [0, 0.05) is 49.4 Å². The summed E-state index contributed by atoms with van der Waals surface area (Å²) in [5, 5.41) is 4.39. The molecule has 0 aliphatic carbocycles. The van der Waals surface area contributed by atoms with E-state index in [1.54, 1.807) is 6.07 Å². The van der Waals surface area contributed by atoms with Crippen LogP contribution in [0.15, 0.2) is 35.6 Å². The molecule has 5 N–H and O–H groups in total. The molecular formula is C20H23Cl2N7. The smallest absolute Gasteiger partial charge is 0.155 e. The van der Waals surface area contributed by atoms with Gasteiger partial charge in [0.2, 0.25) is 0 Å².